The lowest BCUT2D eigenvalue weighted by atomic mass is 10.00. The summed E-state index contributed by atoms with van der Waals surface area (Å²) in [4.78, 5) is 38.0. The quantitative estimate of drug-likeness (QED) is 0.864. The van der Waals surface area contributed by atoms with Crippen molar-refractivity contribution in [3.63, 3.8) is 0 Å². The summed E-state index contributed by atoms with van der Waals surface area (Å²) < 4.78 is 0. The molecular formula is C21H20N2O3. The average Bonchev–Trinajstić information content (AvgIpc) is 3.46. The predicted octanol–water partition coefficient (Wildman–Crippen LogP) is 3.10. The second-order valence-corrected chi connectivity index (χ2v) is 7.13. The molecule has 1 aliphatic heterocycles. The van der Waals surface area contributed by atoms with E-state index in [0.29, 0.717) is 22.6 Å². The van der Waals surface area contributed by atoms with Crippen LogP contribution in [0.2, 0.25) is 0 Å². The first-order valence-electron chi connectivity index (χ1n) is 8.79. The van der Waals surface area contributed by atoms with Crippen molar-refractivity contribution in [2.45, 2.75) is 25.8 Å². The van der Waals surface area contributed by atoms with Crippen LogP contribution < -0.4 is 5.32 Å². The smallest absolute Gasteiger partial charge is 0.261 e. The van der Waals surface area contributed by atoms with Crippen molar-refractivity contribution in [3.8, 4) is 0 Å². The van der Waals surface area contributed by atoms with Gasteiger partial charge in [0.05, 0.1) is 17.2 Å². The zero-order chi connectivity index (χ0) is 18.4. The number of rotatable bonds is 4. The first-order chi connectivity index (χ1) is 12.5. The number of benzene rings is 2. The molecule has 2 aromatic carbocycles. The highest BCUT2D eigenvalue weighted by molar-refractivity contribution is 6.21. The summed E-state index contributed by atoms with van der Waals surface area (Å²) in [6.45, 7) is 2.04. The van der Waals surface area contributed by atoms with E-state index in [1.165, 1.54) is 18.7 Å². The van der Waals surface area contributed by atoms with E-state index in [1.54, 1.807) is 12.1 Å². The Balaban J connectivity index is 1.59. The molecule has 0 radical (unpaired) electrons. The van der Waals surface area contributed by atoms with E-state index in [1.807, 2.05) is 19.1 Å². The number of carbonyl (C=O) groups excluding carboxylic acids is 3. The maximum absolute atomic E-state index is 12.8. The lowest BCUT2D eigenvalue weighted by Gasteiger charge is -2.19. The van der Waals surface area contributed by atoms with Gasteiger partial charge in [0, 0.05) is 12.6 Å². The third-order valence-electron chi connectivity index (χ3n) is 5.17. The van der Waals surface area contributed by atoms with Gasteiger partial charge in [-0.15, -0.1) is 0 Å². The van der Waals surface area contributed by atoms with E-state index >= 15 is 0 Å². The standard InChI is InChI=1S/C21H20N2O3/c1-12-3-5-13(6-4-12)18(14-7-8-14)22-19(24)15-9-10-16-17(11-15)21(26)23(2)20(16)25/h3-6,9-11,14,18H,7-8H2,1-2H3,(H,22,24). The van der Waals surface area contributed by atoms with Crippen LogP contribution in [0.25, 0.3) is 0 Å². The van der Waals surface area contributed by atoms with E-state index in [2.05, 4.69) is 17.4 Å². The third-order valence-corrected chi connectivity index (χ3v) is 5.17. The number of hydrogen-bond acceptors (Lipinski definition) is 3. The Morgan fingerprint density at radius 3 is 2.35 bits per heavy atom. The molecule has 0 spiro atoms. The van der Waals surface area contributed by atoms with Gasteiger partial charge in [0.2, 0.25) is 0 Å². The molecule has 0 bridgehead atoms. The van der Waals surface area contributed by atoms with Crippen molar-refractivity contribution in [1.82, 2.24) is 10.2 Å². The number of nitrogens with one attached hydrogen (secondary N) is 1. The highest BCUT2D eigenvalue weighted by Crippen LogP contribution is 2.41. The summed E-state index contributed by atoms with van der Waals surface area (Å²) >= 11 is 0. The van der Waals surface area contributed by atoms with E-state index < -0.39 is 0 Å². The Bertz CT molecular complexity index is 913. The topological polar surface area (TPSA) is 66.5 Å². The SMILES string of the molecule is Cc1ccc(C(NC(=O)c2ccc3c(c2)C(=O)N(C)C3=O)C2CC2)cc1. The number of amides is 3. The Morgan fingerprint density at radius 1 is 1.04 bits per heavy atom. The highest BCUT2D eigenvalue weighted by Gasteiger charge is 2.35. The molecule has 4 rings (SSSR count). The molecule has 1 fully saturated rings. The monoisotopic (exact) mass is 348 g/mol. The van der Waals surface area contributed by atoms with Crippen LogP contribution in [-0.4, -0.2) is 29.7 Å². The van der Waals surface area contributed by atoms with Crippen molar-refractivity contribution in [1.29, 1.82) is 0 Å². The van der Waals surface area contributed by atoms with E-state index in [-0.39, 0.29) is 23.8 Å². The van der Waals surface area contributed by atoms with Crippen LogP contribution in [-0.2, 0) is 0 Å². The molecule has 1 saturated carbocycles. The van der Waals surface area contributed by atoms with Crippen LogP contribution in [0, 0.1) is 12.8 Å². The molecule has 132 valence electrons. The Hall–Kier alpha value is -2.95. The van der Waals surface area contributed by atoms with Gasteiger partial charge < -0.3 is 5.32 Å². The molecule has 1 heterocycles. The first kappa shape index (κ1) is 16.5. The van der Waals surface area contributed by atoms with Crippen LogP contribution in [0.1, 0.15) is 61.1 Å². The number of imide groups is 1. The maximum Gasteiger partial charge on any atom is 0.261 e. The van der Waals surface area contributed by atoms with Crippen molar-refractivity contribution >= 4 is 17.7 Å². The van der Waals surface area contributed by atoms with Gasteiger partial charge >= 0.3 is 0 Å². The van der Waals surface area contributed by atoms with Gasteiger partial charge in [-0.05, 0) is 49.4 Å². The summed E-state index contributed by atoms with van der Waals surface area (Å²) in [5.41, 5.74) is 3.33. The zero-order valence-electron chi connectivity index (χ0n) is 14.8. The summed E-state index contributed by atoms with van der Waals surface area (Å²) in [5, 5.41) is 3.11. The van der Waals surface area contributed by atoms with Gasteiger partial charge in [0.15, 0.2) is 0 Å². The molecule has 26 heavy (non-hydrogen) atoms. The minimum absolute atomic E-state index is 0.0311. The van der Waals surface area contributed by atoms with E-state index in [4.69, 9.17) is 0 Å². The van der Waals surface area contributed by atoms with Crippen molar-refractivity contribution in [3.05, 3.63) is 70.3 Å². The van der Waals surface area contributed by atoms with Gasteiger partial charge in [-0.25, -0.2) is 0 Å². The molecule has 5 heteroatoms. The normalized spacial score (nSPS) is 17.2. The maximum atomic E-state index is 12.8. The molecule has 1 aliphatic carbocycles. The molecule has 1 unspecified atom stereocenters. The zero-order valence-corrected chi connectivity index (χ0v) is 14.8. The number of fused-ring (bicyclic) bond motifs is 1. The van der Waals surface area contributed by atoms with Crippen molar-refractivity contribution < 1.29 is 14.4 Å². The molecule has 0 saturated heterocycles. The van der Waals surface area contributed by atoms with Gasteiger partial charge in [0.1, 0.15) is 0 Å². The molecule has 3 amide bonds. The van der Waals surface area contributed by atoms with Gasteiger partial charge in [-0.2, -0.15) is 0 Å². The summed E-state index contributed by atoms with van der Waals surface area (Å²) in [5.74, 6) is -0.463. The molecule has 0 aromatic heterocycles. The minimum atomic E-state index is -0.364. The number of hydrogen-bond donors (Lipinski definition) is 1. The van der Waals surface area contributed by atoms with Gasteiger partial charge in [-0.3, -0.25) is 19.3 Å². The highest BCUT2D eigenvalue weighted by atomic mass is 16.2. The molecule has 1 atom stereocenters. The predicted molar refractivity (Wildman–Crippen MR) is 97.0 cm³/mol. The lowest BCUT2D eigenvalue weighted by Crippen LogP contribution is -2.30. The van der Waals surface area contributed by atoms with Crippen LogP contribution >= 0.6 is 0 Å². The molecule has 5 nitrogen and oxygen atoms in total. The number of aryl methyl sites for hydroxylation is 1. The molecule has 2 aromatic rings. The third kappa shape index (κ3) is 2.79. The molecular weight excluding hydrogens is 328 g/mol. The lowest BCUT2D eigenvalue weighted by molar-refractivity contribution is 0.0693. The van der Waals surface area contributed by atoms with Crippen molar-refractivity contribution in [2.24, 2.45) is 5.92 Å². The second-order valence-electron chi connectivity index (χ2n) is 7.13. The van der Waals surface area contributed by atoms with Gasteiger partial charge in [-0.1, -0.05) is 29.8 Å². The fourth-order valence-corrected chi connectivity index (χ4v) is 3.40. The second kappa shape index (κ2) is 6.09. The van der Waals surface area contributed by atoms with Crippen LogP contribution in [0.5, 0.6) is 0 Å². The van der Waals surface area contributed by atoms with Crippen LogP contribution in [0.4, 0.5) is 0 Å². The van der Waals surface area contributed by atoms with Crippen molar-refractivity contribution in [2.75, 3.05) is 7.05 Å². The summed E-state index contributed by atoms with van der Waals surface area (Å²) in [6, 6.07) is 12.9. The van der Waals surface area contributed by atoms with E-state index in [0.717, 1.165) is 23.3 Å². The largest absolute Gasteiger partial charge is 0.345 e. The summed E-state index contributed by atoms with van der Waals surface area (Å²) in [6.07, 6.45) is 2.20. The first-order valence-corrected chi connectivity index (χ1v) is 8.79. The molecule has 2 aliphatic rings. The van der Waals surface area contributed by atoms with Crippen LogP contribution in [0.15, 0.2) is 42.5 Å². The fourth-order valence-electron chi connectivity index (χ4n) is 3.40. The Labute approximate surface area is 152 Å². The number of carbonyl (C=O) groups is 3. The summed E-state index contributed by atoms with van der Waals surface area (Å²) in [7, 11) is 1.45. The average molecular weight is 348 g/mol. The van der Waals surface area contributed by atoms with Crippen LogP contribution in [0.3, 0.4) is 0 Å². The Kier molecular flexibility index (Phi) is 3.87. The fraction of sp³-hybridized carbons (Fsp3) is 0.286. The number of nitrogens with zero attached hydrogens (tertiary/aromatic N) is 1. The van der Waals surface area contributed by atoms with E-state index in [9.17, 15) is 14.4 Å². The minimum Gasteiger partial charge on any atom is -0.345 e. The Morgan fingerprint density at radius 2 is 1.69 bits per heavy atom. The molecule has 1 N–H and O–H groups in total. The van der Waals surface area contributed by atoms with Gasteiger partial charge in [0.25, 0.3) is 17.7 Å².